The molecule has 16 heavy (non-hydrogen) atoms. The molecule has 3 rings (SSSR count). The first-order valence-electron chi connectivity index (χ1n) is 5.46. The Balaban J connectivity index is 2.41. The van der Waals surface area contributed by atoms with Crippen molar-refractivity contribution in [2.45, 2.75) is 6.92 Å². The molecule has 0 radical (unpaired) electrons. The summed E-state index contributed by atoms with van der Waals surface area (Å²) < 4.78 is 11.1. The molecule has 0 saturated heterocycles. The molecule has 0 atom stereocenters. The van der Waals surface area contributed by atoms with Gasteiger partial charge in [-0.15, -0.1) is 0 Å². The number of fused-ring (bicyclic) bond motifs is 3. The number of benzene rings is 1. The van der Waals surface area contributed by atoms with Crippen LogP contribution in [0, 0.1) is 0 Å². The topological polar surface area (TPSA) is 34.4 Å². The standard InChI is InChI=1S/C13H13NO2/c1-2-15-12-8-14-7-11-10(12)4-3-9-5-6-16-13(9)11/h3-7,14H,2,8H2,1H3. The molecule has 0 fully saturated rings. The maximum Gasteiger partial charge on any atom is 0.143 e. The lowest BCUT2D eigenvalue weighted by molar-refractivity contribution is 0.284. The first-order valence-corrected chi connectivity index (χ1v) is 5.46. The molecule has 1 aliphatic heterocycles. The third-order valence-electron chi connectivity index (χ3n) is 2.79. The minimum absolute atomic E-state index is 0.687. The van der Waals surface area contributed by atoms with Crippen LogP contribution in [-0.2, 0) is 4.74 Å². The summed E-state index contributed by atoms with van der Waals surface area (Å²) in [5.74, 6) is 0.985. The zero-order valence-corrected chi connectivity index (χ0v) is 9.12. The Labute approximate surface area is 93.0 Å². The highest BCUT2D eigenvalue weighted by atomic mass is 16.5. The highest BCUT2D eigenvalue weighted by Crippen LogP contribution is 2.09. The normalized spacial score (nSPS) is 14.2. The van der Waals surface area contributed by atoms with Crippen LogP contribution in [0.15, 0.2) is 28.9 Å². The van der Waals surface area contributed by atoms with Crippen LogP contribution in [0.2, 0.25) is 0 Å². The van der Waals surface area contributed by atoms with Gasteiger partial charge in [-0.3, -0.25) is 0 Å². The molecule has 2 heterocycles. The van der Waals surface area contributed by atoms with Crippen molar-refractivity contribution >= 4 is 22.9 Å². The summed E-state index contributed by atoms with van der Waals surface area (Å²) in [5.41, 5.74) is 0.918. The van der Waals surface area contributed by atoms with Gasteiger partial charge in [0.15, 0.2) is 0 Å². The van der Waals surface area contributed by atoms with Gasteiger partial charge in [-0.2, -0.15) is 0 Å². The Morgan fingerprint density at radius 2 is 2.31 bits per heavy atom. The monoisotopic (exact) mass is 215 g/mol. The van der Waals surface area contributed by atoms with Gasteiger partial charge in [0.05, 0.1) is 19.4 Å². The van der Waals surface area contributed by atoms with Crippen LogP contribution in [0.3, 0.4) is 0 Å². The second-order valence-electron chi connectivity index (χ2n) is 3.75. The van der Waals surface area contributed by atoms with Crippen molar-refractivity contribution in [1.82, 2.24) is 5.32 Å². The molecule has 1 aliphatic rings. The first-order chi connectivity index (χ1) is 7.90. The van der Waals surface area contributed by atoms with Crippen molar-refractivity contribution in [1.29, 1.82) is 0 Å². The van der Waals surface area contributed by atoms with Gasteiger partial charge in [0, 0.05) is 22.0 Å². The van der Waals surface area contributed by atoms with Crippen LogP contribution >= 0.6 is 0 Å². The van der Waals surface area contributed by atoms with Gasteiger partial charge in [0.1, 0.15) is 11.3 Å². The van der Waals surface area contributed by atoms with Crippen LogP contribution in [-0.4, -0.2) is 13.2 Å². The molecule has 2 aromatic rings. The SMILES string of the molecule is CCOC1=c2ccc3ccoc3c2=CNC1. The van der Waals surface area contributed by atoms with Crippen LogP contribution in [0.5, 0.6) is 0 Å². The maximum atomic E-state index is 5.63. The molecule has 0 unspecified atom stereocenters. The first kappa shape index (κ1) is 9.33. The molecule has 0 saturated carbocycles. The fourth-order valence-corrected chi connectivity index (χ4v) is 2.09. The molecule has 0 bridgehead atoms. The van der Waals surface area contributed by atoms with E-state index < -0.39 is 0 Å². The van der Waals surface area contributed by atoms with E-state index in [2.05, 4.69) is 17.4 Å². The zero-order chi connectivity index (χ0) is 11.0. The van der Waals surface area contributed by atoms with E-state index in [1.165, 1.54) is 0 Å². The van der Waals surface area contributed by atoms with Gasteiger partial charge in [-0.25, -0.2) is 0 Å². The number of hydrogen-bond donors (Lipinski definition) is 1. The lowest BCUT2D eigenvalue weighted by Crippen LogP contribution is -2.37. The predicted octanol–water partition coefficient (Wildman–Crippen LogP) is 0.919. The van der Waals surface area contributed by atoms with Gasteiger partial charge < -0.3 is 14.5 Å². The van der Waals surface area contributed by atoms with Gasteiger partial charge in [-0.1, -0.05) is 12.1 Å². The summed E-state index contributed by atoms with van der Waals surface area (Å²) in [4.78, 5) is 0. The average Bonchev–Trinajstić information content (AvgIpc) is 2.78. The second-order valence-corrected chi connectivity index (χ2v) is 3.75. The van der Waals surface area contributed by atoms with E-state index in [4.69, 9.17) is 9.15 Å². The van der Waals surface area contributed by atoms with Crippen molar-refractivity contribution in [2.24, 2.45) is 0 Å². The van der Waals surface area contributed by atoms with E-state index in [0.29, 0.717) is 6.61 Å². The second kappa shape index (κ2) is 3.59. The van der Waals surface area contributed by atoms with Crippen LogP contribution in [0.1, 0.15) is 6.92 Å². The average molecular weight is 215 g/mol. The van der Waals surface area contributed by atoms with Crippen molar-refractivity contribution in [3.05, 3.63) is 34.9 Å². The van der Waals surface area contributed by atoms with Gasteiger partial charge in [-0.05, 0) is 13.0 Å². The van der Waals surface area contributed by atoms with Gasteiger partial charge in [0.25, 0.3) is 0 Å². The quantitative estimate of drug-likeness (QED) is 0.809. The number of rotatable bonds is 2. The molecule has 0 spiro atoms. The Bertz CT molecular complexity index is 639. The van der Waals surface area contributed by atoms with Crippen LogP contribution in [0.4, 0.5) is 0 Å². The van der Waals surface area contributed by atoms with E-state index in [-0.39, 0.29) is 0 Å². The van der Waals surface area contributed by atoms with Gasteiger partial charge >= 0.3 is 0 Å². The lowest BCUT2D eigenvalue weighted by atomic mass is 10.1. The summed E-state index contributed by atoms with van der Waals surface area (Å²) in [7, 11) is 0. The third-order valence-corrected chi connectivity index (χ3v) is 2.79. The number of ether oxygens (including phenoxy) is 1. The molecule has 3 nitrogen and oxygen atoms in total. The predicted molar refractivity (Wildman–Crippen MR) is 63.0 cm³/mol. The summed E-state index contributed by atoms with van der Waals surface area (Å²) in [6.45, 7) is 3.43. The number of hydrogen-bond acceptors (Lipinski definition) is 3. The van der Waals surface area contributed by atoms with E-state index >= 15 is 0 Å². The summed E-state index contributed by atoms with van der Waals surface area (Å²) >= 11 is 0. The van der Waals surface area contributed by atoms with Crippen molar-refractivity contribution < 1.29 is 9.15 Å². The highest BCUT2D eigenvalue weighted by Gasteiger charge is 2.08. The van der Waals surface area contributed by atoms with E-state index in [0.717, 1.165) is 33.7 Å². The largest absolute Gasteiger partial charge is 0.496 e. The molecule has 0 aliphatic carbocycles. The Morgan fingerprint density at radius 1 is 1.38 bits per heavy atom. The molecule has 1 aromatic carbocycles. The van der Waals surface area contributed by atoms with Crippen LogP contribution < -0.4 is 15.8 Å². The minimum Gasteiger partial charge on any atom is -0.496 e. The maximum absolute atomic E-state index is 5.63. The summed E-state index contributed by atoms with van der Waals surface area (Å²) in [6, 6.07) is 6.13. The molecule has 0 amide bonds. The minimum atomic E-state index is 0.687. The van der Waals surface area contributed by atoms with Gasteiger partial charge in [0.2, 0.25) is 0 Å². The van der Waals surface area contributed by atoms with E-state index in [1.54, 1.807) is 6.26 Å². The fraction of sp³-hybridized carbons (Fsp3) is 0.231. The van der Waals surface area contributed by atoms with Crippen LogP contribution in [0.25, 0.3) is 22.9 Å². The van der Waals surface area contributed by atoms with Crippen molar-refractivity contribution in [3.63, 3.8) is 0 Å². The molecule has 82 valence electrons. The lowest BCUT2D eigenvalue weighted by Gasteiger charge is -2.13. The van der Waals surface area contributed by atoms with Crippen molar-refractivity contribution in [3.8, 4) is 0 Å². The number of furan rings is 1. The van der Waals surface area contributed by atoms with E-state index in [1.807, 2.05) is 19.2 Å². The Kier molecular flexibility index (Phi) is 2.10. The smallest absolute Gasteiger partial charge is 0.143 e. The number of nitrogens with one attached hydrogen (secondary N) is 1. The van der Waals surface area contributed by atoms with Crippen molar-refractivity contribution in [2.75, 3.05) is 13.2 Å². The summed E-state index contributed by atoms with van der Waals surface area (Å²) in [6.07, 6.45) is 3.71. The molecular weight excluding hydrogens is 202 g/mol. The highest BCUT2D eigenvalue weighted by molar-refractivity contribution is 5.79. The Morgan fingerprint density at radius 3 is 3.19 bits per heavy atom. The zero-order valence-electron chi connectivity index (χ0n) is 9.12. The summed E-state index contributed by atoms with van der Waals surface area (Å²) in [5, 5.41) is 6.54. The molecular formula is C13H13NO2. The fourth-order valence-electron chi connectivity index (χ4n) is 2.09. The molecule has 3 heteroatoms. The molecule has 1 aromatic heterocycles. The van der Waals surface area contributed by atoms with E-state index in [9.17, 15) is 0 Å². The third kappa shape index (κ3) is 1.28. The Hall–Kier alpha value is -1.90. The molecule has 1 N–H and O–H groups in total.